The van der Waals surface area contributed by atoms with Crippen LogP contribution in [0.15, 0.2) is 54.6 Å². The van der Waals surface area contributed by atoms with Gasteiger partial charge in [0.15, 0.2) is 11.5 Å². The molecule has 1 aromatic heterocycles. The molecular weight excluding hydrogens is 338 g/mol. The maximum Gasteiger partial charge on any atom is 0.276 e. The minimum atomic E-state index is -0.861. The molecule has 0 unspecified atom stereocenters. The van der Waals surface area contributed by atoms with Crippen LogP contribution in [-0.2, 0) is 6.42 Å². The topological polar surface area (TPSA) is 66.9 Å². The van der Waals surface area contributed by atoms with Gasteiger partial charge in [-0.2, -0.15) is 0 Å². The average molecular weight is 354 g/mol. The first-order chi connectivity index (χ1) is 12.5. The van der Waals surface area contributed by atoms with Crippen molar-refractivity contribution >= 4 is 23.1 Å². The summed E-state index contributed by atoms with van der Waals surface area (Å²) in [6, 6.07) is 13.8. The fourth-order valence-electron chi connectivity index (χ4n) is 2.27. The molecule has 0 aliphatic heterocycles. The molecule has 0 bridgehead atoms. The molecule has 0 aliphatic rings. The summed E-state index contributed by atoms with van der Waals surface area (Å²) in [7, 11) is 0. The van der Waals surface area contributed by atoms with Gasteiger partial charge in [0, 0.05) is 11.8 Å². The lowest BCUT2D eigenvalue weighted by atomic mass is 10.1. The van der Waals surface area contributed by atoms with Crippen LogP contribution in [0.4, 0.5) is 26.0 Å². The van der Waals surface area contributed by atoms with Crippen LogP contribution in [0.2, 0.25) is 0 Å². The van der Waals surface area contributed by atoms with Gasteiger partial charge in [-0.25, -0.2) is 8.78 Å². The number of aryl methyl sites for hydroxylation is 1. The number of rotatable bonds is 5. The third-order valence-electron chi connectivity index (χ3n) is 3.71. The molecule has 132 valence electrons. The fraction of sp³-hybridized carbons (Fsp3) is 0.105. The molecule has 0 spiro atoms. The summed E-state index contributed by atoms with van der Waals surface area (Å²) >= 11 is 0. The van der Waals surface area contributed by atoms with E-state index in [1.165, 1.54) is 11.6 Å². The summed E-state index contributed by atoms with van der Waals surface area (Å²) in [6.07, 6.45) is 0.957. The van der Waals surface area contributed by atoms with Crippen LogP contribution in [0.25, 0.3) is 0 Å². The molecule has 7 heteroatoms. The molecule has 2 N–H and O–H groups in total. The van der Waals surface area contributed by atoms with Crippen molar-refractivity contribution in [3.63, 3.8) is 0 Å². The Bertz CT molecular complexity index is 912. The first kappa shape index (κ1) is 17.5. The van der Waals surface area contributed by atoms with E-state index in [-0.39, 0.29) is 11.4 Å². The van der Waals surface area contributed by atoms with Crippen LogP contribution >= 0.6 is 0 Å². The number of hydrogen-bond acceptors (Lipinski definition) is 4. The highest BCUT2D eigenvalue weighted by molar-refractivity contribution is 6.02. The average Bonchev–Trinajstić information content (AvgIpc) is 2.65. The summed E-state index contributed by atoms with van der Waals surface area (Å²) in [6.45, 7) is 2.08. The Hall–Kier alpha value is -3.35. The molecule has 1 amide bonds. The molecular formula is C19H16F2N4O. The third kappa shape index (κ3) is 4.18. The van der Waals surface area contributed by atoms with E-state index in [2.05, 4.69) is 27.8 Å². The summed E-state index contributed by atoms with van der Waals surface area (Å²) < 4.78 is 26.5. The van der Waals surface area contributed by atoms with Crippen molar-refractivity contribution < 1.29 is 13.6 Å². The fourth-order valence-corrected chi connectivity index (χ4v) is 2.27. The number of carbonyl (C=O) groups is 1. The standard InChI is InChI=1S/C19H16F2N4O/c1-2-12-3-6-14(7-4-12)22-18-10-9-17(24-25-18)19(26)23-16-8-5-13(20)11-15(16)21/h3-11H,2H2,1H3,(H,22,25)(H,23,26). The molecule has 0 saturated carbocycles. The van der Waals surface area contributed by atoms with Crippen LogP contribution in [0.3, 0.4) is 0 Å². The van der Waals surface area contributed by atoms with Crippen molar-refractivity contribution in [2.75, 3.05) is 10.6 Å². The highest BCUT2D eigenvalue weighted by Crippen LogP contribution is 2.17. The molecule has 0 atom stereocenters. The minimum absolute atomic E-state index is 0.0144. The minimum Gasteiger partial charge on any atom is -0.339 e. The van der Waals surface area contributed by atoms with Crippen LogP contribution < -0.4 is 10.6 Å². The molecule has 0 radical (unpaired) electrons. The van der Waals surface area contributed by atoms with Crippen molar-refractivity contribution in [3.8, 4) is 0 Å². The van der Waals surface area contributed by atoms with Gasteiger partial charge in [-0.15, -0.1) is 10.2 Å². The highest BCUT2D eigenvalue weighted by Gasteiger charge is 2.12. The normalized spacial score (nSPS) is 10.4. The molecule has 0 saturated heterocycles. The Balaban J connectivity index is 1.67. The van der Waals surface area contributed by atoms with Gasteiger partial charge in [0.1, 0.15) is 11.6 Å². The van der Waals surface area contributed by atoms with E-state index in [0.717, 1.165) is 24.2 Å². The second-order valence-corrected chi connectivity index (χ2v) is 5.56. The largest absolute Gasteiger partial charge is 0.339 e. The van der Waals surface area contributed by atoms with E-state index in [0.29, 0.717) is 11.9 Å². The summed E-state index contributed by atoms with van der Waals surface area (Å²) in [5.41, 5.74) is 1.96. The number of amides is 1. The number of hydrogen-bond donors (Lipinski definition) is 2. The third-order valence-corrected chi connectivity index (χ3v) is 3.71. The second kappa shape index (κ2) is 7.69. The first-order valence-electron chi connectivity index (χ1n) is 8.01. The monoisotopic (exact) mass is 354 g/mol. The van der Waals surface area contributed by atoms with Gasteiger partial charge in [0.05, 0.1) is 5.69 Å². The molecule has 26 heavy (non-hydrogen) atoms. The Morgan fingerprint density at radius 3 is 2.38 bits per heavy atom. The number of aromatic nitrogens is 2. The smallest absolute Gasteiger partial charge is 0.276 e. The van der Waals surface area contributed by atoms with Crippen LogP contribution in [0.1, 0.15) is 23.0 Å². The van der Waals surface area contributed by atoms with Crippen LogP contribution in [0, 0.1) is 11.6 Å². The molecule has 0 aliphatic carbocycles. The lowest BCUT2D eigenvalue weighted by Crippen LogP contribution is -2.15. The maximum absolute atomic E-state index is 13.6. The van der Waals surface area contributed by atoms with Crippen molar-refractivity contribution in [1.82, 2.24) is 10.2 Å². The zero-order chi connectivity index (χ0) is 18.5. The molecule has 5 nitrogen and oxygen atoms in total. The van der Waals surface area contributed by atoms with Gasteiger partial charge in [-0.05, 0) is 48.4 Å². The number of nitrogens with zero attached hydrogens (tertiary/aromatic N) is 2. The lowest BCUT2D eigenvalue weighted by molar-refractivity contribution is 0.102. The first-order valence-corrected chi connectivity index (χ1v) is 8.01. The molecule has 2 aromatic carbocycles. The van der Waals surface area contributed by atoms with Crippen LogP contribution in [0.5, 0.6) is 0 Å². The second-order valence-electron chi connectivity index (χ2n) is 5.56. The SMILES string of the molecule is CCc1ccc(Nc2ccc(C(=O)Nc3ccc(F)cc3F)nn2)cc1. The number of benzene rings is 2. The zero-order valence-corrected chi connectivity index (χ0v) is 14.0. The van der Waals surface area contributed by atoms with Gasteiger partial charge < -0.3 is 10.6 Å². The predicted molar refractivity (Wildman–Crippen MR) is 95.4 cm³/mol. The van der Waals surface area contributed by atoms with Crippen molar-refractivity contribution in [3.05, 3.63) is 77.5 Å². The number of carbonyl (C=O) groups excluding carboxylic acids is 1. The van der Waals surface area contributed by atoms with Crippen molar-refractivity contribution in [2.45, 2.75) is 13.3 Å². The number of anilines is 3. The van der Waals surface area contributed by atoms with Gasteiger partial charge in [-0.3, -0.25) is 4.79 Å². The number of halogens is 2. The molecule has 3 aromatic rings. The molecule has 0 fully saturated rings. The summed E-state index contributed by atoms with van der Waals surface area (Å²) in [5.74, 6) is -1.75. The quantitative estimate of drug-likeness (QED) is 0.716. The Labute approximate surface area is 149 Å². The van der Waals surface area contributed by atoms with E-state index in [1.54, 1.807) is 6.07 Å². The van der Waals surface area contributed by atoms with Crippen molar-refractivity contribution in [1.29, 1.82) is 0 Å². The lowest BCUT2D eigenvalue weighted by Gasteiger charge is -2.08. The predicted octanol–water partition coefficient (Wildman–Crippen LogP) is 4.31. The molecule has 3 rings (SSSR count). The van der Waals surface area contributed by atoms with Gasteiger partial charge in [-0.1, -0.05) is 19.1 Å². The van der Waals surface area contributed by atoms with Gasteiger partial charge in [0.2, 0.25) is 0 Å². The Morgan fingerprint density at radius 2 is 1.77 bits per heavy atom. The van der Waals surface area contributed by atoms with E-state index < -0.39 is 17.5 Å². The maximum atomic E-state index is 13.6. The van der Waals surface area contributed by atoms with Crippen molar-refractivity contribution in [2.24, 2.45) is 0 Å². The Morgan fingerprint density at radius 1 is 1.00 bits per heavy atom. The van der Waals surface area contributed by atoms with E-state index in [9.17, 15) is 13.6 Å². The van der Waals surface area contributed by atoms with E-state index >= 15 is 0 Å². The van der Waals surface area contributed by atoms with Gasteiger partial charge in [0.25, 0.3) is 5.91 Å². The molecule has 1 heterocycles. The van der Waals surface area contributed by atoms with E-state index in [4.69, 9.17) is 0 Å². The summed E-state index contributed by atoms with van der Waals surface area (Å²) in [5, 5.41) is 13.2. The number of nitrogens with one attached hydrogen (secondary N) is 2. The van der Waals surface area contributed by atoms with Crippen LogP contribution in [-0.4, -0.2) is 16.1 Å². The Kier molecular flexibility index (Phi) is 5.17. The van der Waals surface area contributed by atoms with E-state index in [1.807, 2.05) is 24.3 Å². The highest BCUT2D eigenvalue weighted by atomic mass is 19.1. The van der Waals surface area contributed by atoms with Gasteiger partial charge >= 0.3 is 0 Å². The zero-order valence-electron chi connectivity index (χ0n) is 14.0. The summed E-state index contributed by atoms with van der Waals surface area (Å²) in [4.78, 5) is 12.1.